The van der Waals surface area contributed by atoms with Gasteiger partial charge in [0.2, 0.25) is 5.89 Å². The molecule has 0 aromatic carbocycles. The molecule has 2 aromatic rings. The average molecular weight is 502 g/mol. The van der Waals surface area contributed by atoms with Gasteiger partial charge in [0.05, 0.1) is 13.1 Å². The fourth-order valence-corrected chi connectivity index (χ4v) is 3.01. The lowest BCUT2D eigenvalue weighted by Gasteiger charge is -2.25. The molecule has 0 bridgehead atoms. The largest absolute Gasteiger partial charge is 0.357 e. The first-order chi connectivity index (χ1) is 13.1. The normalized spacial score (nSPS) is 16.6. The molecular weight excluding hydrogens is 471 g/mol. The van der Waals surface area contributed by atoms with Crippen LogP contribution in [0.25, 0.3) is 0 Å². The molecule has 1 aliphatic rings. The zero-order valence-electron chi connectivity index (χ0n) is 17.1. The highest BCUT2D eigenvalue weighted by atomic mass is 127. The number of fused-ring (bicyclic) bond motifs is 1. The van der Waals surface area contributed by atoms with Crippen LogP contribution in [-0.2, 0) is 25.8 Å². The van der Waals surface area contributed by atoms with Crippen molar-refractivity contribution in [3.05, 3.63) is 23.4 Å². The fraction of sp³-hybridized carbons (Fsp3) is 0.722. The van der Waals surface area contributed by atoms with Crippen molar-refractivity contribution in [3.63, 3.8) is 0 Å². The minimum atomic E-state index is 0. The van der Waals surface area contributed by atoms with E-state index >= 15 is 0 Å². The van der Waals surface area contributed by atoms with Gasteiger partial charge in [-0.25, -0.2) is 9.67 Å². The van der Waals surface area contributed by atoms with Gasteiger partial charge >= 0.3 is 0 Å². The molecule has 0 spiro atoms. The summed E-state index contributed by atoms with van der Waals surface area (Å²) < 4.78 is 7.30. The number of guanidine groups is 1. The lowest BCUT2D eigenvalue weighted by Crippen LogP contribution is -2.47. The minimum absolute atomic E-state index is 0. The van der Waals surface area contributed by atoms with E-state index in [0.717, 1.165) is 55.8 Å². The van der Waals surface area contributed by atoms with E-state index in [-0.39, 0.29) is 35.9 Å². The number of hydrogen-bond acceptors (Lipinski definition) is 6. The van der Waals surface area contributed by atoms with Crippen LogP contribution in [0.2, 0.25) is 0 Å². The predicted molar refractivity (Wildman–Crippen MR) is 118 cm³/mol. The van der Waals surface area contributed by atoms with E-state index in [1.54, 1.807) is 0 Å². The number of aromatic nitrogens is 5. The molecule has 2 aromatic heterocycles. The monoisotopic (exact) mass is 502 g/mol. The molecule has 0 saturated heterocycles. The summed E-state index contributed by atoms with van der Waals surface area (Å²) in [5, 5.41) is 15.4. The Morgan fingerprint density at radius 2 is 2.14 bits per heavy atom. The molecule has 0 saturated carbocycles. The average Bonchev–Trinajstić information content (AvgIpc) is 3.28. The standard InChI is InChI=1S/C18H30N8O.HI/c1-5-14-22-15-8-7-13(11-26(15)24-14)21-18(19-6-2)20-10-9-16-23-17(12(3)4)25-27-16;/h12-13H,5-11H2,1-4H3,(H2,19,20,21);1H. The maximum absolute atomic E-state index is 5.28. The molecule has 10 heteroatoms. The van der Waals surface area contributed by atoms with Crippen molar-refractivity contribution in [2.75, 3.05) is 13.1 Å². The summed E-state index contributed by atoms with van der Waals surface area (Å²) in [6.45, 7) is 10.5. The quantitative estimate of drug-likeness (QED) is 0.339. The van der Waals surface area contributed by atoms with Gasteiger partial charge in [0.25, 0.3) is 0 Å². The topological polar surface area (TPSA) is 106 Å². The van der Waals surface area contributed by atoms with Crippen molar-refractivity contribution in [2.45, 2.75) is 71.9 Å². The van der Waals surface area contributed by atoms with Crippen LogP contribution in [0.15, 0.2) is 9.52 Å². The van der Waals surface area contributed by atoms with Gasteiger partial charge in [-0.05, 0) is 13.3 Å². The number of rotatable bonds is 7. The summed E-state index contributed by atoms with van der Waals surface area (Å²) in [6.07, 6.45) is 3.46. The van der Waals surface area contributed by atoms with Crippen LogP contribution < -0.4 is 10.6 Å². The van der Waals surface area contributed by atoms with Crippen molar-refractivity contribution in [3.8, 4) is 0 Å². The second-order valence-electron chi connectivity index (χ2n) is 7.07. The van der Waals surface area contributed by atoms with Crippen LogP contribution in [-0.4, -0.2) is 50.0 Å². The fourth-order valence-electron chi connectivity index (χ4n) is 3.01. The number of halogens is 1. The third-order valence-electron chi connectivity index (χ3n) is 4.50. The number of nitrogens with zero attached hydrogens (tertiary/aromatic N) is 6. The third-order valence-corrected chi connectivity index (χ3v) is 4.50. The molecule has 1 unspecified atom stereocenters. The lowest BCUT2D eigenvalue weighted by atomic mass is 10.1. The molecule has 3 heterocycles. The highest BCUT2D eigenvalue weighted by Gasteiger charge is 2.22. The van der Waals surface area contributed by atoms with Crippen molar-refractivity contribution in [2.24, 2.45) is 4.99 Å². The Morgan fingerprint density at radius 1 is 1.32 bits per heavy atom. The number of aliphatic imine (C=N–C) groups is 1. The zero-order chi connectivity index (χ0) is 19.2. The van der Waals surface area contributed by atoms with Gasteiger partial charge in [-0.3, -0.25) is 4.99 Å². The van der Waals surface area contributed by atoms with Crippen molar-refractivity contribution in [1.82, 2.24) is 35.5 Å². The molecule has 2 N–H and O–H groups in total. The SMILES string of the molecule is CCNC(=NCCc1nc(C(C)C)no1)NC1CCc2nc(CC)nn2C1.I. The second kappa shape index (κ2) is 10.7. The van der Waals surface area contributed by atoms with E-state index in [2.05, 4.69) is 49.7 Å². The van der Waals surface area contributed by atoms with Crippen LogP contribution >= 0.6 is 24.0 Å². The minimum Gasteiger partial charge on any atom is -0.357 e. The highest BCUT2D eigenvalue weighted by molar-refractivity contribution is 14.0. The zero-order valence-corrected chi connectivity index (χ0v) is 19.4. The van der Waals surface area contributed by atoms with E-state index in [9.17, 15) is 0 Å². The van der Waals surface area contributed by atoms with Crippen molar-refractivity contribution < 1.29 is 4.52 Å². The summed E-state index contributed by atoms with van der Waals surface area (Å²) in [7, 11) is 0. The van der Waals surface area contributed by atoms with Crippen LogP contribution in [0.5, 0.6) is 0 Å². The summed E-state index contributed by atoms with van der Waals surface area (Å²) in [4.78, 5) is 13.6. The van der Waals surface area contributed by atoms with Crippen LogP contribution in [0.1, 0.15) is 63.4 Å². The summed E-state index contributed by atoms with van der Waals surface area (Å²) >= 11 is 0. The molecule has 1 atom stereocenters. The van der Waals surface area contributed by atoms with E-state index in [1.807, 2.05) is 18.5 Å². The van der Waals surface area contributed by atoms with Gasteiger partial charge in [-0.2, -0.15) is 10.1 Å². The maximum Gasteiger partial charge on any atom is 0.228 e. The molecule has 3 rings (SSSR count). The van der Waals surface area contributed by atoms with E-state index in [4.69, 9.17) is 4.52 Å². The van der Waals surface area contributed by atoms with E-state index in [0.29, 0.717) is 18.9 Å². The Bertz CT molecular complexity index is 769. The number of hydrogen-bond donors (Lipinski definition) is 2. The number of aryl methyl sites for hydroxylation is 2. The summed E-state index contributed by atoms with van der Waals surface area (Å²) in [5.41, 5.74) is 0. The maximum atomic E-state index is 5.28. The highest BCUT2D eigenvalue weighted by Crippen LogP contribution is 2.13. The molecule has 156 valence electrons. The Hall–Kier alpha value is -1.72. The summed E-state index contributed by atoms with van der Waals surface area (Å²) in [5.74, 6) is 4.47. The van der Waals surface area contributed by atoms with Crippen molar-refractivity contribution >= 4 is 29.9 Å². The molecule has 9 nitrogen and oxygen atoms in total. The van der Waals surface area contributed by atoms with Crippen molar-refractivity contribution in [1.29, 1.82) is 0 Å². The van der Waals surface area contributed by atoms with Crippen LogP contribution in [0.3, 0.4) is 0 Å². The van der Waals surface area contributed by atoms with Gasteiger partial charge in [0.15, 0.2) is 17.6 Å². The Balaban J connectivity index is 0.00000280. The van der Waals surface area contributed by atoms with Gasteiger partial charge in [0, 0.05) is 37.8 Å². The first-order valence-electron chi connectivity index (χ1n) is 9.88. The molecule has 0 aliphatic carbocycles. The Morgan fingerprint density at radius 3 is 2.82 bits per heavy atom. The number of nitrogens with one attached hydrogen (secondary N) is 2. The van der Waals surface area contributed by atoms with Gasteiger partial charge in [-0.15, -0.1) is 24.0 Å². The molecule has 28 heavy (non-hydrogen) atoms. The first kappa shape index (κ1) is 22.6. The van der Waals surface area contributed by atoms with Gasteiger partial charge in [-0.1, -0.05) is 25.9 Å². The summed E-state index contributed by atoms with van der Waals surface area (Å²) in [6, 6.07) is 0.289. The predicted octanol–water partition coefficient (Wildman–Crippen LogP) is 2.08. The lowest BCUT2D eigenvalue weighted by molar-refractivity contribution is 0.372. The molecular formula is C18H31IN8O. The third kappa shape index (κ3) is 5.89. The van der Waals surface area contributed by atoms with Gasteiger partial charge in [0.1, 0.15) is 5.82 Å². The van der Waals surface area contributed by atoms with Gasteiger partial charge < -0.3 is 15.2 Å². The Kier molecular flexibility index (Phi) is 8.64. The van der Waals surface area contributed by atoms with E-state index < -0.39 is 0 Å². The van der Waals surface area contributed by atoms with Crippen LogP contribution in [0, 0.1) is 0 Å². The molecule has 0 amide bonds. The molecule has 0 fully saturated rings. The second-order valence-corrected chi connectivity index (χ2v) is 7.07. The molecule has 1 aliphatic heterocycles. The van der Waals surface area contributed by atoms with E-state index in [1.165, 1.54) is 0 Å². The first-order valence-corrected chi connectivity index (χ1v) is 9.88. The van der Waals surface area contributed by atoms with Crippen LogP contribution in [0.4, 0.5) is 0 Å². The Labute approximate surface area is 183 Å². The molecule has 0 radical (unpaired) electrons. The smallest absolute Gasteiger partial charge is 0.228 e.